The maximum atomic E-state index is 12.6. The first-order valence-corrected chi connectivity index (χ1v) is 7.17. The summed E-state index contributed by atoms with van der Waals surface area (Å²) in [4.78, 5) is 25.3. The van der Waals surface area contributed by atoms with Crippen LogP contribution in [0.15, 0.2) is 30.3 Å². The van der Waals surface area contributed by atoms with E-state index in [1.807, 2.05) is 37.3 Å². The summed E-state index contributed by atoms with van der Waals surface area (Å²) in [5, 5.41) is 8.98. The summed E-state index contributed by atoms with van der Waals surface area (Å²) in [5.41, 5.74) is 0.983. The molecule has 4 heteroatoms. The number of piperidine rings is 1. The molecule has 0 spiro atoms. The van der Waals surface area contributed by atoms with Crippen LogP contribution in [0.3, 0.4) is 0 Å². The van der Waals surface area contributed by atoms with Gasteiger partial charge in [0.05, 0.1) is 12.3 Å². The highest BCUT2D eigenvalue weighted by molar-refractivity contribution is 5.84. The van der Waals surface area contributed by atoms with E-state index >= 15 is 0 Å². The Kier molecular flexibility index (Phi) is 4.77. The fourth-order valence-corrected chi connectivity index (χ4v) is 2.84. The number of carbonyl (C=O) groups is 2. The fraction of sp³-hybridized carbons (Fsp3) is 0.500. The van der Waals surface area contributed by atoms with E-state index in [1.54, 1.807) is 4.90 Å². The van der Waals surface area contributed by atoms with Crippen molar-refractivity contribution in [2.45, 2.75) is 44.6 Å². The van der Waals surface area contributed by atoms with E-state index in [0.29, 0.717) is 6.54 Å². The smallest absolute Gasteiger partial charge is 0.305 e. The molecular weight excluding hydrogens is 254 g/mol. The SMILES string of the molecule is CC(C(=O)N1CCCCC1CC(=O)O)c1ccccc1. The van der Waals surface area contributed by atoms with Gasteiger partial charge >= 0.3 is 5.97 Å². The molecule has 20 heavy (non-hydrogen) atoms. The Labute approximate surface area is 119 Å². The number of likely N-dealkylation sites (tertiary alicyclic amines) is 1. The van der Waals surface area contributed by atoms with Gasteiger partial charge in [-0.1, -0.05) is 30.3 Å². The van der Waals surface area contributed by atoms with Crippen molar-refractivity contribution in [3.8, 4) is 0 Å². The van der Waals surface area contributed by atoms with Crippen LogP contribution in [0.1, 0.15) is 44.1 Å². The minimum absolute atomic E-state index is 0.0437. The molecule has 4 nitrogen and oxygen atoms in total. The second kappa shape index (κ2) is 6.55. The molecule has 1 aliphatic rings. The molecule has 1 amide bonds. The first-order chi connectivity index (χ1) is 9.59. The van der Waals surface area contributed by atoms with Gasteiger partial charge in [-0.2, -0.15) is 0 Å². The van der Waals surface area contributed by atoms with Crippen LogP contribution in [-0.2, 0) is 9.59 Å². The lowest BCUT2D eigenvalue weighted by Crippen LogP contribution is -2.46. The van der Waals surface area contributed by atoms with E-state index in [4.69, 9.17) is 5.11 Å². The van der Waals surface area contributed by atoms with E-state index in [-0.39, 0.29) is 24.3 Å². The van der Waals surface area contributed by atoms with Gasteiger partial charge in [-0.05, 0) is 31.7 Å². The number of hydrogen-bond donors (Lipinski definition) is 1. The molecule has 2 rings (SSSR count). The van der Waals surface area contributed by atoms with Crippen molar-refractivity contribution >= 4 is 11.9 Å². The maximum Gasteiger partial charge on any atom is 0.305 e. The van der Waals surface area contributed by atoms with Gasteiger partial charge in [0.15, 0.2) is 0 Å². The molecule has 0 aliphatic carbocycles. The molecule has 1 heterocycles. The third kappa shape index (κ3) is 3.38. The Balaban J connectivity index is 2.11. The number of nitrogens with zero attached hydrogens (tertiary/aromatic N) is 1. The van der Waals surface area contributed by atoms with Gasteiger partial charge in [0.1, 0.15) is 0 Å². The van der Waals surface area contributed by atoms with Crippen molar-refractivity contribution in [1.82, 2.24) is 4.90 Å². The van der Waals surface area contributed by atoms with Gasteiger partial charge in [0.25, 0.3) is 0 Å². The highest BCUT2D eigenvalue weighted by Crippen LogP contribution is 2.25. The molecule has 2 atom stereocenters. The summed E-state index contributed by atoms with van der Waals surface area (Å²) >= 11 is 0. The quantitative estimate of drug-likeness (QED) is 0.919. The lowest BCUT2D eigenvalue weighted by molar-refractivity contribution is -0.142. The first kappa shape index (κ1) is 14.6. The van der Waals surface area contributed by atoms with Crippen molar-refractivity contribution in [2.75, 3.05) is 6.54 Å². The third-order valence-corrected chi connectivity index (χ3v) is 3.99. The largest absolute Gasteiger partial charge is 0.481 e. The molecule has 0 radical (unpaired) electrons. The molecular formula is C16H21NO3. The molecule has 2 unspecified atom stereocenters. The summed E-state index contributed by atoms with van der Waals surface area (Å²) in [7, 11) is 0. The Hall–Kier alpha value is -1.84. The number of benzene rings is 1. The van der Waals surface area contributed by atoms with Crippen molar-refractivity contribution in [1.29, 1.82) is 0 Å². The number of aliphatic carboxylic acids is 1. The predicted octanol–water partition coefficient (Wildman–Crippen LogP) is 2.65. The standard InChI is InChI=1S/C16H21NO3/c1-12(13-7-3-2-4-8-13)16(20)17-10-6-5-9-14(17)11-15(18)19/h2-4,7-8,12,14H,5-6,9-11H2,1H3,(H,18,19). The van der Waals surface area contributed by atoms with E-state index in [0.717, 1.165) is 24.8 Å². The fourth-order valence-electron chi connectivity index (χ4n) is 2.84. The summed E-state index contributed by atoms with van der Waals surface area (Å²) in [6, 6.07) is 9.50. The van der Waals surface area contributed by atoms with Crippen LogP contribution < -0.4 is 0 Å². The summed E-state index contributed by atoms with van der Waals surface area (Å²) in [5.74, 6) is -1.00. The zero-order valence-corrected chi connectivity index (χ0v) is 11.8. The van der Waals surface area contributed by atoms with Gasteiger partial charge in [0, 0.05) is 12.6 Å². The number of carboxylic acids is 1. The average molecular weight is 275 g/mol. The normalized spacial score (nSPS) is 20.4. The molecule has 108 valence electrons. The highest BCUT2D eigenvalue weighted by Gasteiger charge is 2.31. The molecule has 0 aromatic heterocycles. The second-order valence-electron chi connectivity index (χ2n) is 5.41. The van der Waals surface area contributed by atoms with Gasteiger partial charge in [-0.3, -0.25) is 9.59 Å². The second-order valence-corrected chi connectivity index (χ2v) is 5.41. The zero-order valence-electron chi connectivity index (χ0n) is 11.8. The number of carbonyl (C=O) groups excluding carboxylic acids is 1. The van der Waals surface area contributed by atoms with Gasteiger partial charge in [-0.15, -0.1) is 0 Å². The summed E-state index contributed by atoms with van der Waals surface area (Å²) in [6.07, 6.45) is 2.80. The van der Waals surface area contributed by atoms with Crippen molar-refractivity contribution in [2.24, 2.45) is 0 Å². The molecule has 1 N–H and O–H groups in total. The molecule has 1 aliphatic heterocycles. The van der Waals surface area contributed by atoms with Gasteiger partial charge in [-0.25, -0.2) is 0 Å². The first-order valence-electron chi connectivity index (χ1n) is 7.17. The van der Waals surface area contributed by atoms with Crippen molar-refractivity contribution < 1.29 is 14.7 Å². The minimum Gasteiger partial charge on any atom is -0.481 e. The van der Waals surface area contributed by atoms with Crippen LogP contribution in [-0.4, -0.2) is 34.5 Å². The van der Waals surface area contributed by atoms with Crippen LogP contribution in [0.5, 0.6) is 0 Å². The average Bonchev–Trinajstić information content (AvgIpc) is 2.46. The number of hydrogen-bond acceptors (Lipinski definition) is 2. The lowest BCUT2D eigenvalue weighted by Gasteiger charge is -2.36. The monoisotopic (exact) mass is 275 g/mol. The number of carboxylic acid groups (broad SMARTS) is 1. The maximum absolute atomic E-state index is 12.6. The summed E-state index contributed by atoms with van der Waals surface area (Å²) in [6.45, 7) is 2.57. The van der Waals surface area contributed by atoms with Gasteiger partial charge < -0.3 is 10.0 Å². The van der Waals surface area contributed by atoms with Crippen molar-refractivity contribution in [3.63, 3.8) is 0 Å². The van der Waals surface area contributed by atoms with Crippen LogP contribution in [0, 0.1) is 0 Å². The Bertz CT molecular complexity index is 472. The van der Waals surface area contributed by atoms with Crippen LogP contribution in [0.2, 0.25) is 0 Å². The van der Waals surface area contributed by atoms with Crippen LogP contribution >= 0.6 is 0 Å². The van der Waals surface area contributed by atoms with Gasteiger partial charge in [0.2, 0.25) is 5.91 Å². The molecule has 0 bridgehead atoms. The summed E-state index contributed by atoms with van der Waals surface area (Å²) < 4.78 is 0. The highest BCUT2D eigenvalue weighted by atomic mass is 16.4. The lowest BCUT2D eigenvalue weighted by atomic mass is 9.94. The molecule has 1 saturated heterocycles. The van der Waals surface area contributed by atoms with Crippen LogP contribution in [0.4, 0.5) is 0 Å². The van der Waals surface area contributed by atoms with E-state index in [9.17, 15) is 9.59 Å². The molecule has 1 fully saturated rings. The van der Waals surface area contributed by atoms with E-state index < -0.39 is 5.97 Å². The van der Waals surface area contributed by atoms with E-state index in [1.165, 1.54) is 0 Å². The minimum atomic E-state index is -0.831. The number of amides is 1. The zero-order chi connectivity index (χ0) is 14.5. The predicted molar refractivity (Wildman–Crippen MR) is 76.5 cm³/mol. The number of rotatable bonds is 4. The Morgan fingerprint density at radius 3 is 2.65 bits per heavy atom. The molecule has 1 aromatic rings. The molecule has 1 aromatic carbocycles. The van der Waals surface area contributed by atoms with Crippen molar-refractivity contribution in [3.05, 3.63) is 35.9 Å². The molecule has 0 saturated carbocycles. The van der Waals surface area contributed by atoms with Crippen LogP contribution in [0.25, 0.3) is 0 Å². The Morgan fingerprint density at radius 2 is 2.00 bits per heavy atom. The Morgan fingerprint density at radius 1 is 1.30 bits per heavy atom. The topological polar surface area (TPSA) is 57.6 Å². The third-order valence-electron chi connectivity index (χ3n) is 3.99. The van der Waals surface area contributed by atoms with E-state index in [2.05, 4.69) is 0 Å².